The Morgan fingerprint density at radius 1 is 1.08 bits per heavy atom. The molecule has 2 aromatic carbocycles. The molecule has 272 valence electrons. The first-order valence-electron chi connectivity index (χ1n) is 17.3. The summed E-state index contributed by atoms with van der Waals surface area (Å²) in [5.41, 5.74) is 7.26. The fraction of sp³-hybridized carbons (Fsp3) is 0.513. The average Bonchev–Trinajstić information content (AvgIpc) is 3.37. The minimum atomic E-state index is -0.133. The first kappa shape index (κ1) is 43.0. The molecule has 1 heterocycles. The topological polar surface area (TPSA) is 116 Å². The minimum absolute atomic E-state index is 0.111. The summed E-state index contributed by atoms with van der Waals surface area (Å²) >= 11 is 0. The number of allylic oxidation sites excluding steroid dienone is 3. The van der Waals surface area contributed by atoms with Crippen LogP contribution in [0.5, 0.6) is 0 Å². The van der Waals surface area contributed by atoms with E-state index in [1.54, 1.807) is 13.0 Å². The molecule has 0 amide bonds. The van der Waals surface area contributed by atoms with Crippen molar-refractivity contribution in [2.24, 2.45) is 7.05 Å². The van der Waals surface area contributed by atoms with E-state index in [0.29, 0.717) is 18.7 Å². The Morgan fingerprint density at radius 2 is 1.78 bits per heavy atom. The van der Waals surface area contributed by atoms with Gasteiger partial charge in [0.2, 0.25) is 5.95 Å². The summed E-state index contributed by atoms with van der Waals surface area (Å²) in [6.07, 6.45) is 7.78. The van der Waals surface area contributed by atoms with E-state index < -0.39 is 0 Å². The van der Waals surface area contributed by atoms with Crippen LogP contribution in [0.15, 0.2) is 61.2 Å². The summed E-state index contributed by atoms with van der Waals surface area (Å²) in [6, 6.07) is 13.1. The average molecular weight is 679 g/mol. The number of carbonyl (C=O) groups is 1. The van der Waals surface area contributed by atoms with Gasteiger partial charge in [-0.3, -0.25) is 4.79 Å². The Labute approximate surface area is 295 Å². The van der Waals surface area contributed by atoms with Crippen molar-refractivity contribution in [2.45, 2.75) is 67.3 Å². The number of rotatable bonds is 19. The van der Waals surface area contributed by atoms with Gasteiger partial charge in [0.15, 0.2) is 0 Å². The number of aliphatic hydroxyl groups is 1. The fourth-order valence-electron chi connectivity index (χ4n) is 4.95. The van der Waals surface area contributed by atoms with Gasteiger partial charge in [-0.15, -0.1) is 0 Å². The number of nitrogens with zero attached hydrogens (tertiary/aromatic N) is 4. The van der Waals surface area contributed by atoms with E-state index in [1.165, 1.54) is 22.4 Å². The van der Waals surface area contributed by atoms with Crippen LogP contribution in [0.1, 0.15) is 63.6 Å². The standard InChI is InChI=1S/C31H47N5O3.C5H8.C3H7NO/c1-7-38-18-17-34(5)15-10-14-32-31-33-28-13-12-26(22-29(28)35(31)6)23-36(16-9-11-30(37)39-8-2)27-20-24(3)19-25(4)21-27;1-3-5-4-2;1-3(4)2-5/h12-13,19-22H,7-11,14-18,23H2,1-6H3,(H,32,33);3-5H,1H2,2H3;4-5H,2H2,1H3/b;5-4+;. The number of hydrogen-bond donors (Lipinski definition) is 3. The van der Waals surface area contributed by atoms with Crippen LogP contribution in [-0.2, 0) is 27.9 Å². The highest BCUT2D eigenvalue weighted by molar-refractivity contribution is 5.80. The number of aliphatic hydroxyl groups excluding tert-OH is 1. The summed E-state index contributed by atoms with van der Waals surface area (Å²) in [5.74, 6) is 0.756. The summed E-state index contributed by atoms with van der Waals surface area (Å²) in [5, 5.41) is 17.9. The molecule has 10 heteroatoms. The second kappa shape index (κ2) is 25.0. The van der Waals surface area contributed by atoms with Gasteiger partial charge in [-0.05, 0) is 109 Å². The summed E-state index contributed by atoms with van der Waals surface area (Å²) in [7, 11) is 4.20. The Kier molecular flexibility index (Phi) is 22.0. The minimum Gasteiger partial charge on any atom is -0.466 e. The van der Waals surface area contributed by atoms with Gasteiger partial charge in [0, 0.05) is 57.7 Å². The third-order valence-corrected chi connectivity index (χ3v) is 7.39. The number of fused-ring (bicyclic) bond motifs is 1. The van der Waals surface area contributed by atoms with Gasteiger partial charge in [-0.2, -0.15) is 0 Å². The molecule has 0 aliphatic carbocycles. The number of aromatic nitrogens is 2. The fourth-order valence-corrected chi connectivity index (χ4v) is 4.95. The number of benzene rings is 2. The van der Waals surface area contributed by atoms with Crippen molar-refractivity contribution in [3.63, 3.8) is 0 Å². The normalized spacial score (nSPS) is 10.7. The molecule has 0 fully saturated rings. The molecule has 49 heavy (non-hydrogen) atoms. The maximum atomic E-state index is 11.9. The van der Waals surface area contributed by atoms with E-state index in [4.69, 9.17) is 25.0 Å². The van der Waals surface area contributed by atoms with Crippen LogP contribution in [0.25, 0.3) is 11.0 Å². The van der Waals surface area contributed by atoms with Crippen LogP contribution in [0.2, 0.25) is 0 Å². The van der Waals surface area contributed by atoms with Gasteiger partial charge in [-0.1, -0.05) is 36.9 Å². The van der Waals surface area contributed by atoms with Crippen molar-refractivity contribution >= 4 is 34.4 Å². The molecule has 0 aliphatic heterocycles. The monoisotopic (exact) mass is 678 g/mol. The van der Waals surface area contributed by atoms with E-state index in [9.17, 15) is 4.79 Å². The lowest BCUT2D eigenvalue weighted by atomic mass is 10.1. The van der Waals surface area contributed by atoms with Crippen molar-refractivity contribution in [1.29, 1.82) is 5.41 Å². The Hall–Kier alpha value is -3.99. The molecule has 0 saturated heterocycles. The predicted molar refractivity (Wildman–Crippen MR) is 206 cm³/mol. The number of carbonyl (C=O) groups excluding carboxylic acids is 1. The van der Waals surface area contributed by atoms with Crippen LogP contribution in [0, 0.1) is 19.3 Å². The van der Waals surface area contributed by atoms with Crippen molar-refractivity contribution in [3.05, 3.63) is 77.9 Å². The second-order valence-electron chi connectivity index (χ2n) is 12.0. The Bertz CT molecular complexity index is 1410. The molecule has 10 nitrogen and oxygen atoms in total. The largest absolute Gasteiger partial charge is 0.466 e. The summed E-state index contributed by atoms with van der Waals surface area (Å²) < 4.78 is 12.7. The van der Waals surface area contributed by atoms with E-state index in [2.05, 4.69) is 90.6 Å². The van der Waals surface area contributed by atoms with E-state index in [-0.39, 0.29) is 12.6 Å². The first-order chi connectivity index (χ1) is 23.5. The molecular formula is C39H62N6O4. The maximum Gasteiger partial charge on any atom is 0.305 e. The molecule has 0 unspecified atom stereocenters. The van der Waals surface area contributed by atoms with E-state index in [0.717, 1.165) is 75.8 Å². The Morgan fingerprint density at radius 3 is 2.35 bits per heavy atom. The predicted octanol–water partition coefficient (Wildman–Crippen LogP) is 7.08. The second-order valence-corrected chi connectivity index (χ2v) is 12.0. The maximum absolute atomic E-state index is 11.9. The molecular weight excluding hydrogens is 616 g/mol. The van der Waals surface area contributed by atoms with Gasteiger partial charge in [-0.25, -0.2) is 4.98 Å². The number of esters is 1. The van der Waals surface area contributed by atoms with Gasteiger partial charge in [0.25, 0.3) is 0 Å². The number of likely N-dealkylation sites (N-methyl/N-ethyl adjacent to an activating group) is 1. The molecule has 0 radical (unpaired) electrons. The smallest absolute Gasteiger partial charge is 0.305 e. The van der Waals surface area contributed by atoms with Crippen molar-refractivity contribution in [3.8, 4) is 0 Å². The van der Waals surface area contributed by atoms with Crippen molar-refractivity contribution in [2.75, 3.05) is 69.9 Å². The lowest BCUT2D eigenvalue weighted by molar-refractivity contribution is -0.143. The zero-order chi connectivity index (χ0) is 36.6. The molecule has 0 saturated carbocycles. The van der Waals surface area contributed by atoms with Crippen LogP contribution in [-0.4, -0.2) is 90.9 Å². The van der Waals surface area contributed by atoms with Crippen LogP contribution < -0.4 is 10.2 Å². The molecule has 0 bridgehead atoms. The third kappa shape index (κ3) is 17.8. The van der Waals surface area contributed by atoms with Gasteiger partial charge in [0.1, 0.15) is 0 Å². The SMILES string of the molecule is C=C/C=C/C.CC(=N)CO.CCOCCN(C)CCCNc1nc2ccc(CN(CCCC(=O)OCC)c3cc(C)cc(C)c3)cc2n1C. The number of nitrogens with one attached hydrogen (secondary N) is 2. The molecule has 0 atom stereocenters. The molecule has 1 aromatic heterocycles. The number of anilines is 2. The highest BCUT2D eigenvalue weighted by atomic mass is 16.5. The van der Waals surface area contributed by atoms with Crippen LogP contribution >= 0.6 is 0 Å². The molecule has 3 N–H and O–H groups in total. The molecule has 0 spiro atoms. The lowest BCUT2D eigenvalue weighted by Crippen LogP contribution is -2.25. The summed E-state index contributed by atoms with van der Waals surface area (Å²) in [4.78, 5) is 21.4. The zero-order valence-electron chi connectivity index (χ0n) is 31.3. The van der Waals surface area contributed by atoms with Gasteiger partial charge < -0.3 is 39.7 Å². The lowest BCUT2D eigenvalue weighted by Gasteiger charge is -2.26. The third-order valence-electron chi connectivity index (χ3n) is 7.39. The van der Waals surface area contributed by atoms with Gasteiger partial charge >= 0.3 is 5.97 Å². The van der Waals surface area contributed by atoms with Gasteiger partial charge in [0.05, 0.1) is 30.9 Å². The van der Waals surface area contributed by atoms with Crippen LogP contribution in [0.3, 0.4) is 0 Å². The Balaban J connectivity index is 0.00000105. The van der Waals surface area contributed by atoms with E-state index >= 15 is 0 Å². The first-order valence-corrected chi connectivity index (χ1v) is 17.3. The molecule has 3 rings (SSSR count). The number of aryl methyl sites for hydroxylation is 3. The number of ether oxygens (including phenoxy) is 2. The van der Waals surface area contributed by atoms with E-state index in [1.807, 2.05) is 32.9 Å². The quantitative estimate of drug-likeness (QED) is 0.0534. The van der Waals surface area contributed by atoms with Crippen LogP contribution in [0.4, 0.5) is 11.6 Å². The number of imidazole rings is 1. The van der Waals surface area contributed by atoms with Crippen molar-refractivity contribution in [1.82, 2.24) is 14.5 Å². The number of hydrogen-bond acceptors (Lipinski definition) is 9. The molecule has 3 aromatic rings. The van der Waals surface area contributed by atoms with Crippen molar-refractivity contribution < 1.29 is 19.4 Å². The molecule has 0 aliphatic rings. The highest BCUT2D eigenvalue weighted by Crippen LogP contribution is 2.25. The highest BCUT2D eigenvalue weighted by Gasteiger charge is 2.13. The zero-order valence-corrected chi connectivity index (χ0v) is 31.3. The summed E-state index contributed by atoms with van der Waals surface area (Å²) in [6.45, 7) is 21.3.